The molecule has 0 atom stereocenters. The monoisotopic (exact) mass is 316 g/mol. The summed E-state index contributed by atoms with van der Waals surface area (Å²) in [7, 11) is 1.52. The van der Waals surface area contributed by atoms with E-state index in [0.717, 1.165) is 0 Å². The number of carbonyl (C=O) groups is 2. The number of nitrogens with one attached hydrogen (secondary N) is 1. The van der Waals surface area contributed by atoms with Crippen molar-refractivity contribution < 1.29 is 19.1 Å². The second-order valence-corrected chi connectivity index (χ2v) is 6.12. The largest absolute Gasteiger partial charge is 0.481 e. The highest BCUT2D eigenvalue weighted by atomic mass is 16.6. The highest BCUT2D eigenvalue weighted by Gasteiger charge is 2.17. The molecule has 122 valence electrons. The molecule has 1 N–H and O–H groups in total. The predicted molar refractivity (Wildman–Crippen MR) is 88.2 cm³/mol. The molecule has 0 saturated heterocycles. The zero-order chi connectivity index (χ0) is 17.2. The SMILES string of the molecule is COc1ncc(C(C)=O)c2cc(NC(=O)OC(C)(C)C)ccc12. The Kier molecular flexibility index (Phi) is 4.54. The molecular weight excluding hydrogens is 296 g/mol. The van der Waals surface area contributed by atoms with Crippen molar-refractivity contribution in [3.63, 3.8) is 0 Å². The van der Waals surface area contributed by atoms with Gasteiger partial charge in [-0.05, 0) is 45.9 Å². The number of ketones is 1. The first-order chi connectivity index (χ1) is 10.7. The normalized spacial score (nSPS) is 11.2. The number of pyridine rings is 1. The number of aromatic nitrogens is 1. The lowest BCUT2D eigenvalue weighted by molar-refractivity contribution is 0.0636. The number of carbonyl (C=O) groups excluding carboxylic acids is 2. The van der Waals surface area contributed by atoms with E-state index in [9.17, 15) is 9.59 Å². The number of fused-ring (bicyclic) bond motifs is 1. The maximum absolute atomic E-state index is 11.9. The molecular formula is C17H20N2O4. The van der Waals surface area contributed by atoms with Gasteiger partial charge in [0.1, 0.15) is 5.60 Å². The molecule has 1 aromatic heterocycles. The first-order valence-corrected chi connectivity index (χ1v) is 7.19. The maximum atomic E-state index is 11.9. The molecule has 0 unspecified atom stereocenters. The third kappa shape index (κ3) is 3.97. The molecule has 0 aliphatic carbocycles. The second-order valence-electron chi connectivity index (χ2n) is 6.12. The second kappa shape index (κ2) is 6.24. The molecule has 0 radical (unpaired) electrons. The number of hydrogen-bond acceptors (Lipinski definition) is 5. The van der Waals surface area contributed by atoms with Gasteiger partial charge >= 0.3 is 6.09 Å². The number of hydrogen-bond donors (Lipinski definition) is 1. The number of methoxy groups -OCH3 is 1. The van der Waals surface area contributed by atoms with E-state index in [1.54, 1.807) is 39.0 Å². The van der Waals surface area contributed by atoms with Crippen molar-refractivity contribution in [1.29, 1.82) is 0 Å². The molecule has 0 aliphatic heterocycles. The molecule has 23 heavy (non-hydrogen) atoms. The van der Waals surface area contributed by atoms with E-state index in [1.165, 1.54) is 20.2 Å². The first kappa shape index (κ1) is 16.7. The fraction of sp³-hybridized carbons (Fsp3) is 0.353. The zero-order valence-corrected chi connectivity index (χ0v) is 13.9. The molecule has 0 spiro atoms. The molecule has 0 aliphatic rings. The van der Waals surface area contributed by atoms with Crippen LogP contribution in [0.1, 0.15) is 38.1 Å². The van der Waals surface area contributed by atoms with Gasteiger partial charge in [-0.25, -0.2) is 9.78 Å². The summed E-state index contributed by atoms with van der Waals surface area (Å²) >= 11 is 0. The summed E-state index contributed by atoms with van der Waals surface area (Å²) in [5, 5.41) is 4.03. The molecule has 2 rings (SSSR count). The average molecular weight is 316 g/mol. The van der Waals surface area contributed by atoms with E-state index in [1.807, 2.05) is 0 Å². The lowest BCUT2D eigenvalue weighted by atomic mass is 10.0. The third-order valence-corrected chi connectivity index (χ3v) is 3.07. The Morgan fingerprint density at radius 3 is 2.43 bits per heavy atom. The van der Waals surface area contributed by atoms with Crippen LogP contribution in [-0.2, 0) is 4.74 Å². The Bertz CT molecular complexity index is 763. The molecule has 1 heterocycles. The highest BCUT2D eigenvalue weighted by molar-refractivity contribution is 6.09. The van der Waals surface area contributed by atoms with Gasteiger partial charge in [0.05, 0.1) is 7.11 Å². The fourth-order valence-corrected chi connectivity index (χ4v) is 2.16. The van der Waals surface area contributed by atoms with Gasteiger partial charge in [0.15, 0.2) is 5.78 Å². The summed E-state index contributed by atoms with van der Waals surface area (Å²) in [6.45, 7) is 6.84. The van der Waals surface area contributed by atoms with Gasteiger partial charge in [-0.3, -0.25) is 10.1 Å². The number of benzene rings is 1. The Hall–Kier alpha value is -2.63. The lowest BCUT2D eigenvalue weighted by Crippen LogP contribution is -2.27. The minimum absolute atomic E-state index is 0.112. The predicted octanol–water partition coefficient (Wildman–Crippen LogP) is 3.79. The molecule has 2 aromatic rings. The van der Waals surface area contributed by atoms with Crippen LogP contribution in [0.15, 0.2) is 24.4 Å². The first-order valence-electron chi connectivity index (χ1n) is 7.19. The molecule has 6 heteroatoms. The highest BCUT2D eigenvalue weighted by Crippen LogP contribution is 2.29. The number of amides is 1. The molecule has 0 fully saturated rings. The molecule has 6 nitrogen and oxygen atoms in total. The Balaban J connectivity index is 2.43. The van der Waals surface area contributed by atoms with Gasteiger partial charge in [-0.15, -0.1) is 0 Å². The van der Waals surface area contributed by atoms with Crippen LogP contribution >= 0.6 is 0 Å². The van der Waals surface area contributed by atoms with Crippen LogP contribution in [-0.4, -0.2) is 29.6 Å². The summed E-state index contributed by atoms with van der Waals surface area (Å²) in [6.07, 6.45) is 0.919. The summed E-state index contributed by atoms with van der Waals surface area (Å²) in [6, 6.07) is 5.17. The standard InChI is InChI=1S/C17H20N2O4/c1-10(20)14-9-18-15(22-5)12-7-6-11(8-13(12)14)19-16(21)23-17(2,3)4/h6-9H,1-5H3,(H,19,21). The van der Waals surface area contributed by atoms with Gasteiger partial charge in [-0.2, -0.15) is 0 Å². The number of Topliss-reactive ketones (excluding diaryl/α,β-unsaturated/α-hetero) is 1. The number of ether oxygens (including phenoxy) is 2. The van der Waals surface area contributed by atoms with Crippen LogP contribution in [0.25, 0.3) is 10.8 Å². The van der Waals surface area contributed by atoms with Gasteiger partial charge in [0.2, 0.25) is 5.88 Å². The fourth-order valence-electron chi connectivity index (χ4n) is 2.16. The van der Waals surface area contributed by atoms with Crippen LogP contribution < -0.4 is 10.1 Å². The zero-order valence-electron chi connectivity index (χ0n) is 13.9. The smallest absolute Gasteiger partial charge is 0.412 e. The van der Waals surface area contributed by atoms with Crippen LogP contribution in [0, 0.1) is 0 Å². The van der Waals surface area contributed by atoms with Crippen LogP contribution in [0.4, 0.5) is 10.5 Å². The van der Waals surface area contributed by atoms with Crippen molar-refractivity contribution in [2.45, 2.75) is 33.3 Å². The van der Waals surface area contributed by atoms with Gasteiger partial charge in [0.25, 0.3) is 0 Å². The summed E-state index contributed by atoms with van der Waals surface area (Å²) in [5.41, 5.74) is 0.412. The summed E-state index contributed by atoms with van der Waals surface area (Å²) in [4.78, 5) is 27.8. The van der Waals surface area contributed by atoms with E-state index in [4.69, 9.17) is 9.47 Å². The summed E-state index contributed by atoms with van der Waals surface area (Å²) in [5.74, 6) is 0.313. The van der Waals surface area contributed by atoms with Gasteiger partial charge in [-0.1, -0.05) is 0 Å². The summed E-state index contributed by atoms with van der Waals surface area (Å²) < 4.78 is 10.4. The van der Waals surface area contributed by atoms with Crippen LogP contribution in [0.2, 0.25) is 0 Å². The molecule has 0 saturated carbocycles. The minimum atomic E-state index is -0.585. The van der Waals surface area contributed by atoms with E-state index in [2.05, 4.69) is 10.3 Å². The van der Waals surface area contributed by atoms with Crippen molar-refractivity contribution in [3.05, 3.63) is 30.0 Å². The van der Waals surface area contributed by atoms with Crippen molar-refractivity contribution in [2.24, 2.45) is 0 Å². The van der Waals surface area contributed by atoms with E-state index < -0.39 is 11.7 Å². The van der Waals surface area contributed by atoms with E-state index in [0.29, 0.717) is 27.9 Å². The third-order valence-electron chi connectivity index (χ3n) is 3.07. The Morgan fingerprint density at radius 2 is 1.87 bits per heavy atom. The maximum Gasteiger partial charge on any atom is 0.412 e. The number of nitrogens with zero attached hydrogens (tertiary/aromatic N) is 1. The van der Waals surface area contributed by atoms with E-state index in [-0.39, 0.29) is 5.78 Å². The molecule has 0 bridgehead atoms. The Morgan fingerprint density at radius 1 is 1.17 bits per heavy atom. The van der Waals surface area contributed by atoms with Gasteiger partial charge in [0, 0.05) is 28.2 Å². The topological polar surface area (TPSA) is 77.5 Å². The average Bonchev–Trinajstić information content (AvgIpc) is 2.43. The van der Waals surface area contributed by atoms with Crippen molar-refractivity contribution >= 4 is 28.3 Å². The van der Waals surface area contributed by atoms with Crippen LogP contribution in [0.5, 0.6) is 5.88 Å². The number of anilines is 1. The van der Waals surface area contributed by atoms with Crippen molar-refractivity contribution in [2.75, 3.05) is 12.4 Å². The van der Waals surface area contributed by atoms with E-state index >= 15 is 0 Å². The minimum Gasteiger partial charge on any atom is -0.481 e. The van der Waals surface area contributed by atoms with Crippen molar-refractivity contribution in [1.82, 2.24) is 4.98 Å². The van der Waals surface area contributed by atoms with Gasteiger partial charge < -0.3 is 9.47 Å². The lowest BCUT2D eigenvalue weighted by Gasteiger charge is -2.19. The van der Waals surface area contributed by atoms with Crippen molar-refractivity contribution in [3.8, 4) is 5.88 Å². The molecule has 1 aromatic carbocycles. The van der Waals surface area contributed by atoms with Crippen LogP contribution in [0.3, 0.4) is 0 Å². The molecule has 1 amide bonds. The quantitative estimate of drug-likeness (QED) is 0.872. The number of rotatable bonds is 3. The Labute approximate surface area is 134 Å².